The zero-order valence-electron chi connectivity index (χ0n) is 14.9. The molecule has 1 N–H and O–H groups in total. The number of amides is 1. The molecule has 1 aromatic carbocycles. The van der Waals surface area contributed by atoms with E-state index in [0.29, 0.717) is 27.7 Å². The van der Waals surface area contributed by atoms with Crippen LogP contribution < -0.4 is 10.1 Å². The van der Waals surface area contributed by atoms with E-state index in [1.807, 2.05) is 37.6 Å². The highest BCUT2D eigenvalue weighted by molar-refractivity contribution is 6.30. The second-order valence-electron chi connectivity index (χ2n) is 5.81. The molecule has 2 heterocycles. The van der Waals surface area contributed by atoms with Gasteiger partial charge in [-0.15, -0.1) is 0 Å². The molecule has 1 amide bonds. The average molecular weight is 374 g/mol. The van der Waals surface area contributed by atoms with Crippen LogP contribution in [-0.4, -0.2) is 25.5 Å². The first-order valence-corrected chi connectivity index (χ1v) is 8.62. The standard InChI is InChI=1S/C18H20ClN5O2/c1-4-24-13(3)17(12(2)22-24)18(25)21-15-9-20-23(10-15)11-26-16-7-5-6-14(19)8-16/h5-10H,4,11H2,1-3H3,(H,21,25). The molecule has 0 atom stereocenters. The van der Waals surface area contributed by atoms with Crippen molar-refractivity contribution < 1.29 is 9.53 Å². The van der Waals surface area contributed by atoms with Gasteiger partial charge in [-0.25, -0.2) is 4.68 Å². The lowest BCUT2D eigenvalue weighted by atomic mass is 10.2. The van der Waals surface area contributed by atoms with E-state index in [1.165, 1.54) is 0 Å². The molecular weight excluding hydrogens is 354 g/mol. The van der Waals surface area contributed by atoms with Crippen LogP contribution >= 0.6 is 11.6 Å². The largest absolute Gasteiger partial charge is 0.471 e. The zero-order chi connectivity index (χ0) is 18.7. The molecule has 7 nitrogen and oxygen atoms in total. The molecule has 0 saturated carbocycles. The topological polar surface area (TPSA) is 74.0 Å². The number of anilines is 1. The van der Waals surface area contributed by atoms with Gasteiger partial charge in [0, 0.05) is 17.3 Å². The number of benzene rings is 1. The Morgan fingerprint density at radius 2 is 2.15 bits per heavy atom. The number of carbonyl (C=O) groups is 1. The van der Waals surface area contributed by atoms with E-state index in [-0.39, 0.29) is 12.6 Å². The molecule has 0 saturated heterocycles. The number of hydrogen-bond acceptors (Lipinski definition) is 4. The van der Waals surface area contributed by atoms with Crippen molar-refractivity contribution in [3.8, 4) is 5.75 Å². The van der Waals surface area contributed by atoms with Gasteiger partial charge >= 0.3 is 0 Å². The van der Waals surface area contributed by atoms with Crippen LogP contribution in [0.5, 0.6) is 5.75 Å². The lowest BCUT2D eigenvalue weighted by Gasteiger charge is -2.06. The van der Waals surface area contributed by atoms with Crippen LogP contribution in [0.4, 0.5) is 5.69 Å². The number of hydrogen-bond donors (Lipinski definition) is 1. The van der Waals surface area contributed by atoms with Gasteiger partial charge in [0.15, 0.2) is 6.73 Å². The smallest absolute Gasteiger partial charge is 0.259 e. The van der Waals surface area contributed by atoms with Crippen LogP contribution in [0, 0.1) is 13.8 Å². The predicted molar refractivity (Wildman–Crippen MR) is 99.6 cm³/mol. The normalized spacial score (nSPS) is 10.8. The van der Waals surface area contributed by atoms with Gasteiger partial charge < -0.3 is 10.1 Å². The molecule has 0 unspecified atom stereocenters. The summed E-state index contributed by atoms with van der Waals surface area (Å²) in [6.07, 6.45) is 3.28. The molecule has 0 radical (unpaired) electrons. The van der Waals surface area contributed by atoms with Crippen molar-refractivity contribution in [3.63, 3.8) is 0 Å². The molecule has 136 valence electrons. The van der Waals surface area contributed by atoms with E-state index >= 15 is 0 Å². The molecule has 0 aliphatic heterocycles. The number of aryl methyl sites for hydroxylation is 2. The Morgan fingerprint density at radius 1 is 1.35 bits per heavy atom. The van der Waals surface area contributed by atoms with E-state index in [1.54, 1.807) is 29.2 Å². The quantitative estimate of drug-likeness (QED) is 0.715. The Morgan fingerprint density at radius 3 is 2.85 bits per heavy atom. The zero-order valence-corrected chi connectivity index (χ0v) is 15.6. The summed E-state index contributed by atoms with van der Waals surface area (Å²) in [7, 11) is 0. The summed E-state index contributed by atoms with van der Waals surface area (Å²) in [4.78, 5) is 12.6. The van der Waals surface area contributed by atoms with Gasteiger partial charge in [-0.3, -0.25) is 9.48 Å². The lowest BCUT2D eigenvalue weighted by Crippen LogP contribution is -2.14. The van der Waals surface area contributed by atoms with Gasteiger partial charge in [-0.1, -0.05) is 17.7 Å². The first-order chi connectivity index (χ1) is 12.5. The summed E-state index contributed by atoms with van der Waals surface area (Å²) < 4.78 is 9.02. The van der Waals surface area contributed by atoms with Crippen LogP contribution in [0.2, 0.25) is 5.02 Å². The number of ether oxygens (including phenoxy) is 1. The Kier molecular flexibility index (Phi) is 5.27. The van der Waals surface area contributed by atoms with Gasteiger partial charge in [-0.2, -0.15) is 10.2 Å². The molecule has 2 aromatic heterocycles. The number of aromatic nitrogens is 4. The minimum absolute atomic E-state index is 0.199. The minimum atomic E-state index is -0.199. The minimum Gasteiger partial charge on any atom is -0.471 e. The van der Waals surface area contributed by atoms with Crippen LogP contribution in [0.1, 0.15) is 28.7 Å². The van der Waals surface area contributed by atoms with Crippen molar-refractivity contribution in [1.29, 1.82) is 0 Å². The molecule has 0 aliphatic rings. The number of carbonyl (C=O) groups excluding carboxylic acids is 1. The molecule has 0 spiro atoms. The highest BCUT2D eigenvalue weighted by Gasteiger charge is 2.18. The summed E-state index contributed by atoms with van der Waals surface area (Å²) in [5.41, 5.74) is 2.74. The monoisotopic (exact) mass is 373 g/mol. The molecule has 3 aromatic rings. The maximum absolute atomic E-state index is 12.6. The fourth-order valence-electron chi connectivity index (χ4n) is 2.72. The van der Waals surface area contributed by atoms with Crippen molar-refractivity contribution in [2.75, 3.05) is 5.32 Å². The van der Waals surface area contributed by atoms with Crippen molar-refractivity contribution in [3.05, 3.63) is 58.6 Å². The van der Waals surface area contributed by atoms with Crippen molar-refractivity contribution in [2.45, 2.75) is 34.0 Å². The van der Waals surface area contributed by atoms with Gasteiger partial charge in [-0.05, 0) is 39.0 Å². The molecule has 0 aliphatic carbocycles. The van der Waals surface area contributed by atoms with Gasteiger partial charge in [0.25, 0.3) is 5.91 Å². The third-order valence-electron chi connectivity index (χ3n) is 3.96. The third-order valence-corrected chi connectivity index (χ3v) is 4.19. The van der Waals surface area contributed by atoms with Gasteiger partial charge in [0.2, 0.25) is 0 Å². The van der Waals surface area contributed by atoms with E-state index in [2.05, 4.69) is 15.5 Å². The second-order valence-corrected chi connectivity index (χ2v) is 6.25. The number of nitrogens with one attached hydrogen (secondary N) is 1. The van der Waals surface area contributed by atoms with Crippen molar-refractivity contribution >= 4 is 23.2 Å². The SMILES string of the molecule is CCn1nc(C)c(C(=O)Nc2cnn(COc3cccc(Cl)c3)c2)c1C. The predicted octanol–water partition coefficient (Wildman–Crippen LogP) is 3.66. The molecule has 8 heteroatoms. The van der Waals surface area contributed by atoms with Crippen molar-refractivity contribution in [2.24, 2.45) is 0 Å². The summed E-state index contributed by atoms with van der Waals surface area (Å²) >= 11 is 5.93. The summed E-state index contributed by atoms with van der Waals surface area (Å²) in [5.74, 6) is 0.451. The summed E-state index contributed by atoms with van der Waals surface area (Å²) in [6, 6.07) is 7.13. The molecular formula is C18H20ClN5O2. The average Bonchev–Trinajstić information content (AvgIpc) is 3.16. The summed E-state index contributed by atoms with van der Waals surface area (Å²) in [5, 5.41) is 12.0. The van der Waals surface area contributed by atoms with E-state index in [9.17, 15) is 4.79 Å². The lowest BCUT2D eigenvalue weighted by molar-refractivity contribution is 0.102. The molecule has 26 heavy (non-hydrogen) atoms. The third kappa shape index (κ3) is 3.88. The Bertz CT molecular complexity index is 932. The Labute approximate surface area is 156 Å². The molecule has 0 fully saturated rings. The fraction of sp³-hybridized carbons (Fsp3) is 0.278. The maximum Gasteiger partial charge on any atom is 0.259 e. The second kappa shape index (κ2) is 7.61. The number of rotatable bonds is 6. The Balaban J connectivity index is 1.65. The maximum atomic E-state index is 12.6. The van der Waals surface area contributed by atoms with Gasteiger partial charge in [0.05, 0.1) is 29.3 Å². The van der Waals surface area contributed by atoms with Crippen LogP contribution in [-0.2, 0) is 13.3 Å². The highest BCUT2D eigenvalue weighted by Crippen LogP contribution is 2.18. The van der Waals surface area contributed by atoms with E-state index in [4.69, 9.17) is 16.3 Å². The van der Waals surface area contributed by atoms with Crippen molar-refractivity contribution in [1.82, 2.24) is 19.6 Å². The Hall–Kier alpha value is -2.80. The first kappa shape index (κ1) is 18.0. The van der Waals surface area contributed by atoms with Crippen LogP contribution in [0.3, 0.4) is 0 Å². The van der Waals surface area contributed by atoms with Crippen LogP contribution in [0.15, 0.2) is 36.7 Å². The number of halogens is 1. The fourth-order valence-corrected chi connectivity index (χ4v) is 2.90. The van der Waals surface area contributed by atoms with Crippen LogP contribution in [0.25, 0.3) is 0 Å². The van der Waals surface area contributed by atoms with E-state index in [0.717, 1.165) is 12.2 Å². The number of nitrogens with zero attached hydrogens (tertiary/aromatic N) is 4. The van der Waals surface area contributed by atoms with E-state index < -0.39 is 0 Å². The molecule has 3 rings (SSSR count). The highest BCUT2D eigenvalue weighted by atomic mass is 35.5. The van der Waals surface area contributed by atoms with Gasteiger partial charge in [0.1, 0.15) is 5.75 Å². The molecule has 0 bridgehead atoms. The summed E-state index contributed by atoms with van der Waals surface area (Å²) in [6.45, 7) is 6.64. The first-order valence-electron chi connectivity index (χ1n) is 8.24.